The maximum Gasteiger partial charge on any atom is 0.0991 e. The smallest absolute Gasteiger partial charge is 0.0991 e. The third-order valence-corrected chi connectivity index (χ3v) is 3.07. The molecular formula is C15H17N3. The number of aryl methyl sites for hydroxylation is 1. The van der Waals surface area contributed by atoms with Crippen molar-refractivity contribution in [3.05, 3.63) is 58.9 Å². The van der Waals surface area contributed by atoms with Crippen molar-refractivity contribution in [2.75, 3.05) is 6.54 Å². The second-order valence-electron chi connectivity index (χ2n) is 4.48. The second-order valence-corrected chi connectivity index (χ2v) is 4.48. The predicted molar refractivity (Wildman–Crippen MR) is 72.2 cm³/mol. The van der Waals surface area contributed by atoms with Crippen molar-refractivity contribution in [1.82, 2.24) is 4.57 Å². The van der Waals surface area contributed by atoms with Gasteiger partial charge in [-0.2, -0.15) is 5.26 Å². The monoisotopic (exact) mass is 239 g/mol. The summed E-state index contributed by atoms with van der Waals surface area (Å²) < 4.78 is 2.15. The standard InChI is InChI=1S/C15H17N3/c1-12-8-14(9-17)2-3-15(12)11-18-7-5-13(10-18)4-6-16/h2-3,5,7-8,10H,4,6,11,16H2,1H3. The topological polar surface area (TPSA) is 54.7 Å². The molecule has 3 heteroatoms. The van der Waals surface area contributed by atoms with Gasteiger partial charge in [0.05, 0.1) is 11.6 Å². The molecule has 2 rings (SSSR count). The molecule has 0 aliphatic carbocycles. The largest absolute Gasteiger partial charge is 0.350 e. The number of nitriles is 1. The van der Waals surface area contributed by atoms with Gasteiger partial charge < -0.3 is 10.3 Å². The van der Waals surface area contributed by atoms with Crippen LogP contribution in [-0.2, 0) is 13.0 Å². The van der Waals surface area contributed by atoms with Crippen LogP contribution in [0.5, 0.6) is 0 Å². The zero-order valence-electron chi connectivity index (χ0n) is 10.6. The van der Waals surface area contributed by atoms with Gasteiger partial charge in [0.2, 0.25) is 0 Å². The Kier molecular flexibility index (Phi) is 3.81. The SMILES string of the molecule is Cc1cc(C#N)ccc1Cn1ccc(CCN)c1. The van der Waals surface area contributed by atoms with Gasteiger partial charge in [0, 0.05) is 18.9 Å². The average molecular weight is 239 g/mol. The summed E-state index contributed by atoms with van der Waals surface area (Å²) in [4.78, 5) is 0. The van der Waals surface area contributed by atoms with Gasteiger partial charge in [-0.1, -0.05) is 6.07 Å². The van der Waals surface area contributed by atoms with E-state index < -0.39 is 0 Å². The summed E-state index contributed by atoms with van der Waals surface area (Å²) in [5, 5.41) is 8.84. The minimum absolute atomic E-state index is 0.680. The second kappa shape index (κ2) is 5.52. The normalized spacial score (nSPS) is 10.3. The number of rotatable bonds is 4. The molecule has 0 aliphatic heterocycles. The molecule has 0 aliphatic rings. The zero-order valence-corrected chi connectivity index (χ0v) is 10.6. The first kappa shape index (κ1) is 12.4. The average Bonchev–Trinajstić information content (AvgIpc) is 2.80. The minimum Gasteiger partial charge on any atom is -0.350 e. The lowest BCUT2D eigenvalue weighted by atomic mass is 10.1. The van der Waals surface area contributed by atoms with Crippen LogP contribution < -0.4 is 5.73 Å². The number of nitrogens with two attached hydrogens (primary N) is 1. The Bertz CT molecular complexity index is 576. The van der Waals surface area contributed by atoms with Crippen molar-refractivity contribution in [2.24, 2.45) is 5.73 Å². The molecule has 0 atom stereocenters. The molecule has 0 saturated heterocycles. The van der Waals surface area contributed by atoms with Crippen molar-refractivity contribution in [1.29, 1.82) is 5.26 Å². The molecule has 92 valence electrons. The Morgan fingerprint density at radius 1 is 1.33 bits per heavy atom. The molecule has 18 heavy (non-hydrogen) atoms. The van der Waals surface area contributed by atoms with E-state index in [1.807, 2.05) is 25.1 Å². The van der Waals surface area contributed by atoms with E-state index in [2.05, 4.69) is 29.1 Å². The molecule has 0 radical (unpaired) electrons. The summed E-state index contributed by atoms with van der Waals surface area (Å²) in [6.07, 6.45) is 5.12. The molecule has 0 bridgehead atoms. The first-order valence-electron chi connectivity index (χ1n) is 6.07. The number of aromatic nitrogens is 1. The van der Waals surface area contributed by atoms with Gasteiger partial charge in [0.15, 0.2) is 0 Å². The van der Waals surface area contributed by atoms with E-state index in [-0.39, 0.29) is 0 Å². The highest BCUT2D eigenvalue weighted by atomic mass is 14.9. The van der Waals surface area contributed by atoms with E-state index >= 15 is 0 Å². The molecule has 1 aromatic heterocycles. The fourth-order valence-electron chi connectivity index (χ4n) is 2.04. The summed E-state index contributed by atoms with van der Waals surface area (Å²) in [6.45, 7) is 3.56. The van der Waals surface area contributed by atoms with E-state index in [9.17, 15) is 0 Å². The molecule has 0 fully saturated rings. The van der Waals surface area contributed by atoms with Crippen molar-refractivity contribution in [2.45, 2.75) is 19.9 Å². The molecule has 0 saturated carbocycles. The molecule has 2 N–H and O–H groups in total. The molecule has 0 unspecified atom stereocenters. The molecule has 1 heterocycles. The van der Waals surface area contributed by atoms with Gasteiger partial charge in [-0.15, -0.1) is 0 Å². The van der Waals surface area contributed by atoms with Crippen LogP contribution in [0.4, 0.5) is 0 Å². The first-order chi connectivity index (χ1) is 8.72. The van der Waals surface area contributed by atoms with E-state index in [0.29, 0.717) is 12.1 Å². The molecule has 0 amide bonds. The number of nitrogens with zero attached hydrogens (tertiary/aromatic N) is 2. The highest BCUT2D eigenvalue weighted by molar-refractivity contribution is 5.37. The fourth-order valence-corrected chi connectivity index (χ4v) is 2.04. The summed E-state index contributed by atoms with van der Waals surface area (Å²) >= 11 is 0. The van der Waals surface area contributed by atoms with E-state index in [0.717, 1.165) is 18.5 Å². The Labute approximate surface area is 107 Å². The van der Waals surface area contributed by atoms with Crippen LogP contribution in [0.15, 0.2) is 36.7 Å². The Morgan fingerprint density at radius 3 is 2.83 bits per heavy atom. The van der Waals surface area contributed by atoms with Gasteiger partial charge in [-0.25, -0.2) is 0 Å². The molecule has 2 aromatic rings. The van der Waals surface area contributed by atoms with Crippen LogP contribution in [0.25, 0.3) is 0 Å². The summed E-state index contributed by atoms with van der Waals surface area (Å²) in [6, 6.07) is 10.1. The van der Waals surface area contributed by atoms with Gasteiger partial charge in [-0.3, -0.25) is 0 Å². The third-order valence-electron chi connectivity index (χ3n) is 3.07. The molecule has 0 spiro atoms. The van der Waals surface area contributed by atoms with Crippen molar-refractivity contribution in [3.63, 3.8) is 0 Å². The van der Waals surface area contributed by atoms with Gasteiger partial charge >= 0.3 is 0 Å². The first-order valence-corrected chi connectivity index (χ1v) is 6.07. The van der Waals surface area contributed by atoms with Crippen LogP contribution in [0.2, 0.25) is 0 Å². The summed E-state index contributed by atoms with van der Waals surface area (Å²) in [5.74, 6) is 0. The maximum absolute atomic E-state index is 8.84. The van der Waals surface area contributed by atoms with Crippen LogP contribution in [0.3, 0.4) is 0 Å². The van der Waals surface area contributed by atoms with E-state index in [1.165, 1.54) is 11.1 Å². The minimum atomic E-state index is 0.680. The number of hydrogen-bond donors (Lipinski definition) is 1. The summed E-state index contributed by atoms with van der Waals surface area (Å²) in [7, 11) is 0. The Morgan fingerprint density at radius 2 is 2.17 bits per heavy atom. The number of benzene rings is 1. The Balaban J connectivity index is 2.15. The van der Waals surface area contributed by atoms with E-state index in [1.54, 1.807) is 0 Å². The van der Waals surface area contributed by atoms with Gasteiger partial charge in [0.1, 0.15) is 0 Å². The van der Waals surface area contributed by atoms with Crippen LogP contribution in [0, 0.1) is 18.3 Å². The fraction of sp³-hybridized carbons (Fsp3) is 0.267. The third kappa shape index (κ3) is 2.79. The summed E-state index contributed by atoms with van der Waals surface area (Å²) in [5.41, 5.74) is 9.92. The quantitative estimate of drug-likeness (QED) is 0.889. The Hall–Kier alpha value is -2.05. The van der Waals surface area contributed by atoms with Crippen molar-refractivity contribution >= 4 is 0 Å². The lowest BCUT2D eigenvalue weighted by Crippen LogP contribution is -2.02. The highest BCUT2D eigenvalue weighted by Crippen LogP contribution is 2.13. The van der Waals surface area contributed by atoms with Crippen LogP contribution in [0.1, 0.15) is 22.3 Å². The molecule has 1 aromatic carbocycles. The van der Waals surface area contributed by atoms with Crippen LogP contribution in [-0.4, -0.2) is 11.1 Å². The van der Waals surface area contributed by atoms with Crippen LogP contribution >= 0.6 is 0 Å². The highest BCUT2D eigenvalue weighted by Gasteiger charge is 2.02. The predicted octanol–water partition coefficient (Wildman–Crippen LogP) is 2.22. The maximum atomic E-state index is 8.84. The molecular weight excluding hydrogens is 222 g/mol. The lowest BCUT2D eigenvalue weighted by molar-refractivity contribution is 0.795. The zero-order chi connectivity index (χ0) is 13.0. The molecule has 3 nitrogen and oxygen atoms in total. The van der Waals surface area contributed by atoms with Gasteiger partial charge in [-0.05, 0) is 54.8 Å². The van der Waals surface area contributed by atoms with Gasteiger partial charge in [0.25, 0.3) is 0 Å². The van der Waals surface area contributed by atoms with Crippen molar-refractivity contribution in [3.8, 4) is 6.07 Å². The van der Waals surface area contributed by atoms with E-state index in [4.69, 9.17) is 11.0 Å². The number of hydrogen-bond acceptors (Lipinski definition) is 2. The lowest BCUT2D eigenvalue weighted by Gasteiger charge is -2.07. The van der Waals surface area contributed by atoms with Crippen molar-refractivity contribution < 1.29 is 0 Å².